The van der Waals surface area contributed by atoms with Gasteiger partial charge in [0.15, 0.2) is 6.10 Å². The van der Waals surface area contributed by atoms with Gasteiger partial charge in [0, 0.05) is 19.3 Å². The minimum atomic E-state index is -0.787. The second-order valence-corrected chi connectivity index (χ2v) is 18.8. The normalized spacial score (nSPS) is 12.5. The minimum Gasteiger partial charge on any atom is -0.462 e. The third-order valence-electron chi connectivity index (χ3n) is 12.3. The molecule has 0 fully saturated rings. The molecule has 0 aromatic carbocycles. The quantitative estimate of drug-likeness (QED) is 0.0262. The highest BCUT2D eigenvalue weighted by atomic mass is 16.6. The molecule has 0 aromatic rings. The number of ether oxygens (including phenoxy) is 3. The van der Waals surface area contributed by atoms with Gasteiger partial charge >= 0.3 is 17.9 Å². The Hall–Kier alpha value is -2.89. The largest absolute Gasteiger partial charge is 0.462 e. The summed E-state index contributed by atoms with van der Waals surface area (Å²) in [7, 11) is 0. The average molecular weight is 924 g/mol. The molecule has 0 radical (unpaired) electrons. The maximum Gasteiger partial charge on any atom is 0.306 e. The van der Waals surface area contributed by atoms with E-state index in [1.54, 1.807) is 0 Å². The van der Waals surface area contributed by atoms with Gasteiger partial charge in [-0.3, -0.25) is 14.4 Å². The number of allylic oxidation sites excluding steroid dienone is 10. The maximum absolute atomic E-state index is 12.8. The first-order valence-corrected chi connectivity index (χ1v) is 28.3. The number of carbonyl (C=O) groups excluding carboxylic acids is 3. The van der Waals surface area contributed by atoms with Crippen molar-refractivity contribution in [2.75, 3.05) is 13.2 Å². The predicted octanol–water partition coefficient (Wildman–Crippen LogP) is 18.8. The highest BCUT2D eigenvalue weighted by Gasteiger charge is 2.19. The summed E-state index contributed by atoms with van der Waals surface area (Å²) >= 11 is 0. The molecule has 6 heteroatoms. The molecule has 382 valence electrons. The van der Waals surface area contributed by atoms with E-state index in [0.29, 0.717) is 19.3 Å². The third-order valence-corrected chi connectivity index (χ3v) is 12.3. The van der Waals surface area contributed by atoms with Gasteiger partial charge in [-0.2, -0.15) is 0 Å². The number of unbranched alkanes of at least 4 members (excludes halogenated alkanes) is 30. The Morgan fingerprint density at radius 3 is 0.924 bits per heavy atom. The van der Waals surface area contributed by atoms with E-state index in [1.165, 1.54) is 148 Å². The van der Waals surface area contributed by atoms with Crippen LogP contribution < -0.4 is 0 Å². The standard InChI is InChI=1S/C60H106O6/c1-4-7-10-13-16-19-21-23-25-27-29-31-32-34-36-38-41-44-47-50-53-59(62)65-56-57(55-64-58(61)52-49-46-43-40-18-15-12-9-6-3)66-60(63)54-51-48-45-42-39-37-35-33-30-28-26-24-22-20-17-14-11-8-5-2/h8,11,17,20,24,26,30,33,37,39,57H,4-7,9-10,12-16,18-19,21-23,25,27-29,31-32,34-36,38,40-56H2,1-3H3/b11-8-,20-17-,26-24-,33-30-,39-37-. The molecule has 1 unspecified atom stereocenters. The van der Waals surface area contributed by atoms with E-state index in [1.807, 2.05) is 0 Å². The molecule has 0 saturated heterocycles. The number of hydrogen-bond acceptors (Lipinski definition) is 6. The molecule has 0 amide bonds. The molecule has 6 nitrogen and oxygen atoms in total. The van der Waals surface area contributed by atoms with Crippen molar-refractivity contribution in [2.45, 2.75) is 290 Å². The Morgan fingerprint density at radius 2 is 0.591 bits per heavy atom. The molecule has 0 aromatic heterocycles. The van der Waals surface area contributed by atoms with Crippen molar-refractivity contribution in [3.63, 3.8) is 0 Å². The van der Waals surface area contributed by atoms with Crippen LogP contribution >= 0.6 is 0 Å². The van der Waals surface area contributed by atoms with Gasteiger partial charge in [-0.05, 0) is 64.2 Å². The van der Waals surface area contributed by atoms with Crippen LogP contribution in [0, 0.1) is 0 Å². The molecule has 66 heavy (non-hydrogen) atoms. The topological polar surface area (TPSA) is 78.9 Å². The zero-order chi connectivity index (χ0) is 47.9. The van der Waals surface area contributed by atoms with Crippen LogP contribution in [-0.4, -0.2) is 37.2 Å². The summed E-state index contributed by atoms with van der Waals surface area (Å²) in [4.78, 5) is 38.0. The second-order valence-electron chi connectivity index (χ2n) is 18.8. The Labute approximate surface area is 409 Å². The van der Waals surface area contributed by atoms with Crippen LogP contribution in [0.1, 0.15) is 284 Å². The van der Waals surface area contributed by atoms with Crippen molar-refractivity contribution < 1.29 is 28.6 Å². The summed E-state index contributed by atoms with van der Waals surface area (Å²) in [5.74, 6) is -0.908. The molecule has 0 heterocycles. The number of hydrogen-bond donors (Lipinski definition) is 0. The summed E-state index contributed by atoms with van der Waals surface area (Å²) in [6, 6.07) is 0. The van der Waals surface area contributed by atoms with E-state index < -0.39 is 6.10 Å². The summed E-state index contributed by atoms with van der Waals surface area (Å²) < 4.78 is 16.8. The van der Waals surface area contributed by atoms with Gasteiger partial charge in [0.2, 0.25) is 0 Å². The monoisotopic (exact) mass is 923 g/mol. The van der Waals surface area contributed by atoms with E-state index in [-0.39, 0.29) is 31.1 Å². The van der Waals surface area contributed by atoms with Crippen molar-refractivity contribution in [1.82, 2.24) is 0 Å². The summed E-state index contributed by atoms with van der Waals surface area (Å²) in [5.41, 5.74) is 0. The Bertz CT molecular complexity index is 1200. The summed E-state index contributed by atoms with van der Waals surface area (Å²) in [6.45, 7) is 6.51. The van der Waals surface area contributed by atoms with Crippen LogP contribution in [0.15, 0.2) is 60.8 Å². The van der Waals surface area contributed by atoms with Crippen molar-refractivity contribution in [3.05, 3.63) is 60.8 Å². The van der Waals surface area contributed by atoms with E-state index in [2.05, 4.69) is 81.5 Å². The van der Waals surface area contributed by atoms with Gasteiger partial charge < -0.3 is 14.2 Å². The molecule has 0 aliphatic heterocycles. The molecule has 0 aliphatic carbocycles. The van der Waals surface area contributed by atoms with Crippen molar-refractivity contribution >= 4 is 17.9 Å². The zero-order valence-corrected chi connectivity index (χ0v) is 43.7. The van der Waals surface area contributed by atoms with Crippen LogP contribution in [0.4, 0.5) is 0 Å². The summed E-state index contributed by atoms with van der Waals surface area (Å²) in [6.07, 6.45) is 67.9. The van der Waals surface area contributed by atoms with Crippen LogP contribution in [0.2, 0.25) is 0 Å². The fourth-order valence-electron chi connectivity index (χ4n) is 8.06. The smallest absolute Gasteiger partial charge is 0.306 e. The SMILES string of the molecule is CC/C=C\C/C=C\C/C=C\C/C=C\C/C=C\CCCCCC(=O)OC(COC(=O)CCCCCCCCCCC)COC(=O)CCCCCCCCCCCCCCCCCCCCCC. The van der Waals surface area contributed by atoms with Crippen molar-refractivity contribution in [2.24, 2.45) is 0 Å². The van der Waals surface area contributed by atoms with Gasteiger partial charge in [0.1, 0.15) is 13.2 Å². The summed E-state index contributed by atoms with van der Waals surface area (Å²) in [5, 5.41) is 0. The maximum atomic E-state index is 12.8. The first kappa shape index (κ1) is 63.1. The lowest BCUT2D eigenvalue weighted by Crippen LogP contribution is -2.30. The molecule has 0 bridgehead atoms. The Morgan fingerprint density at radius 1 is 0.318 bits per heavy atom. The molecular weight excluding hydrogens is 817 g/mol. The van der Waals surface area contributed by atoms with Gasteiger partial charge in [0.25, 0.3) is 0 Å². The van der Waals surface area contributed by atoms with E-state index in [4.69, 9.17) is 14.2 Å². The van der Waals surface area contributed by atoms with E-state index in [9.17, 15) is 14.4 Å². The van der Waals surface area contributed by atoms with Gasteiger partial charge in [-0.25, -0.2) is 0 Å². The predicted molar refractivity (Wildman–Crippen MR) is 284 cm³/mol. The zero-order valence-electron chi connectivity index (χ0n) is 43.7. The van der Waals surface area contributed by atoms with E-state index >= 15 is 0 Å². The van der Waals surface area contributed by atoms with Gasteiger partial charge in [0.05, 0.1) is 0 Å². The van der Waals surface area contributed by atoms with Gasteiger partial charge in [-0.1, -0.05) is 261 Å². The third kappa shape index (κ3) is 52.1. The van der Waals surface area contributed by atoms with Crippen LogP contribution in [-0.2, 0) is 28.6 Å². The lowest BCUT2D eigenvalue weighted by Gasteiger charge is -2.18. The number of rotatable bonds is 51. The van der Waals surface area contributed by atoms with E-state index in [0.717, 1.165) is 96.3 Å². The highest BCUT2D eigenvalue weighted by molar-refractivity contribution is 5.71. The lowest BCUT2D eigenvalue weighted by atomic mass is 10.0. The molecule has 1 atom stereocenters. The molecule has 0 N–H and O–H groups in total. The van der Waals surface area contributed by atoms with Crippen LogP contribution in [0.3, 0.4) is 0 Å². The number of esters is 3. The van der Waals surface area contributed by atoms with Crippen molar-refractivity contribution in [3.8, 4) is 0 Å². The number of carbonyl (C=O) groups is 3. The molecular formula is C60H106O6. The van der Waals surface area contributed by atoms with Crippen LogP contribution in [0.25, 0.3) is 0 Å². The molecule has 0 saturated carbocycles. The van der Waals surface area contributed by atoms with Gasteiger partial charge in [-0.15, -0.1) is 0 Å². The molecule has 0 aliphatic rings. The average Bonchev–Trinajstić information content (AvgIpc) is 3.31. The van der Waals surface area contributed by atoms with Crippen molar-refractivity contribution in [1.29, 1.82) is 0 Å². The van der Waals surface area contributed by atoms with Crippen LogP contribution in [0.5, 0.6) is 0 Å². The Balaban J connectivity index is 4.31. The first-order valence-electron chi connectivity index (χ1n) is 28.3. The molecule has 0 rings (SSSR count). The fraction of sp³-hybridized carbons (Fsp3) is 0.783. The molecule has 0 spiro atoms. The Kier molecular flexibility index (Phi) is 52.3. The first-order chi connectivity index (χ1) is 32.5. The second kappa shape index (κ2) is 54.7. The minimum absolute atomic E-state index is 0.0842. The lowest BCUT2D eigenvalue weighted by molar-refractivity contribution is -0.167. The highest BCUT2D eigenvalue weighted by Crippen LogP contribution is 2.16. The fourth-order valence-corrected chi connectivity index (χ4v) is 8.06.